The molecular formula is C29H30F6N4O4. The highest BCUT2D eigenvalue weighted by Gasteiger charge is 2.41. The molecule has 0 spiro atoms. The molecule has 0 unspecified atom stereocenters. The van der Waals surface area contributed by atoms with Crippen LogP contribution in [0.15, 0.2) is 36.4 Å². The van der Waals surface area contributed by atoms with Gasteiger partial charge in [-0.05, 0) is 63.1 Å². The quantitative estimate of drug-likeness (QED) is 0.267. The van der Waals surface area contributed by atoms with E-state index in [0.717, 1.165) is 4.57 Å². The van der Waals surface area contributed by atoms with Gasteiger partial charge in [-0.15, -0.1) is 0 Å². The van der Waals surface area contributed by atoms with E-state index in [9.17, 15) is 35.9 Å². The lowest BCUT2D eigenvalue weighted by atomic mass is 10.0. The number of imidazole rings is 1. The number of halogens is 6. The Hall–Kier alpha value is -4.23. The van der Waals surface area contributed by atoms with Crippen molar-refractivity contribution in [2.45, 2.75) is 64.5 Å². The van der Waals surface area contributed by atoms with Crippen molar-refractivity contribution in [1.29, 1.82) is 0 Å². The van der Waals surface area contributed by atoms with Gasteiger partial charge in [0, 0.05) is 37.2 Å². The van der Waals surface area contributed by atoms with Crippen molar-refractivity contribution < 1.29 is 45.4 Å². The largest absolute Gasteiger partial charge is 0.497 e. The zero-order chi connectivity index (χ0) is 31.7. The van der Waals surface area contributed by atoms with E-state index in [-0.39, 0.29) is 36.6 Å². The van der Waals surface area contributed by atoms with Crippen LogP contribution < -0.4 is 10.1 Å². The summed E-state index contributed by atoms with van der Waals surface area (Å²) in [6.45, 7) is 4.27. The molecule has 2 aromatic carbocycles. The number of carbonyl (C=O) groups is 2. The van der Waals surface area contributed by atoms with Gasteiger partial charge in [0.1, 0.15) is 17.2 Å². The minimum absolute atomic E-state index is 0.0415. The van der Waals surface area contributed by atoms with E-state index in [1.165, 1.54) is 12.0 Å². The lowest BCUT2D eigenvalue weighted by molar-refractivity contribution is -0.148. The van der Waals surface area contributed by atoms with Crippen molar-refractivity contribution in [1.82, 2.24) is 19.8 Å². The summed E-state index contributed by atoms with van der Waals surface area (Å²) in [6, 6.07) is 6.13. The number of carbonyl (C=O) groups excluding carboxylic acids is 2. The average Bonchev–Trinajstić information content (AvgIpc) is 3.30. The molecule has 43 heavy (non-hydrogen) atoms. The van der Waals surface area contributed by atoms with Gasteiger partial charge in [0.25, 0.3) is 0 Å². The smallest absolute Gasteiger partial charge is 0.449 e. The first-order valence-corrected chi connectivity index (χ1v) is 13.3. The topological polar surface area (TPSA) is 85.7 Å². The Morgan fingerprint density at radius 2 is 1.65 bits per heavy atom. The number of hydrogen-bond acceptors (Lipinski definition) is 5. The van der Waals surface area contributed by atoms with Crippen molar-refractivity contribution in [2.75, 3.05) is 13.7 Å². The highest BCUT2D eigenvalue weighted by Crippen LogP contribution is 2.36. The molecule has 0 bridgehead atoms. The van der Waals surface area contributed by atoms with Crippen molar-refractivity contribution in [3.63, 3.8) is 0 Å². The maximum absolute atomic E-state index is 14.5. The molecule has 1 aromatic heterocycles. The van der Waals surface area contributed by atoms with E-state index in [1.807, 2.05) is 0 Å². The van der Waals surface area contributed by atoms with Crippen LogP contribution in [0.4, 0.5) is 31.1 Å². The van der Waals surface area contributed by atoms with Crippen LogP contribution in [0, 0.1) is 17.5 Å². The first-order chi connectivity index (χ1) is 20.1. The van der Waals surface area contributed by atoms with E-state index < -0.39 is 65.9 Å². The van der Waals surface area contributed by atoms with Gasteiger partial charge in [0.2, 0.25) is 11.7 Å². The van der Waals surface area contributed by atoms with Crippen LogP contribution in [0.3, 0.4) is 0 Å². The summed E-state index contributed by atoms with van der Waals surface area (Å²) in [5.74, 6) is -4.97. The fraction of sp³-hybridized carbons (Fsp3) is 0.414. The van der Waals surface area contributed by atoms with E-state index in [0.29, 0.717) is 23.4 Å². The van der Waals surface area contributed by atoms with Gasteiger partial charge in [-0.3, -0.25) is 4.79 Å². The van der Waals surface area contributed by atoms with E-state index in [1.54, 1.807) is 45.0 Å². The fourth-order valence-electron chi connectivity index (χ4n) is 4.75. The number of fused-ring (bicyclic) bond motifs is 1. The zero-order valence-corrected chi connectivity index (χ0v) is 23.8. The third-order valence-electron chi connectivity index (χ3n) is 6.67. The number of benzene rings is 2. The molecule has 0 saturated heterocycles. The molecule has 1 aliphatic rings. The summed E-state index contributed by atoms with van der Waals surface area (Å²) in [5, 5.41) is 2.47. The molecule has 1 aliphatic heterocycles. The van der Waals surface area contributed by atoms with Gasteiger partial charge in [-0.2, -0.15) is 13.2 Å². The summed E-state index contributed by atoms with van der Waals surface area (Å²) in [7, 11) is 1.45. The van der Waals surface area contributed by atoms with Gasteiger partial charge in [-0.25, -0.2) is 22.9 Å². The Labute approximate surface area is 243 Å². The molecule has 1 N–H and O–H groups in total. The van der Waals surface area contributed by atoms with E-state index in [2.05, 4.69) is 10.3 Å². The summed E-state index contributed by atoms with van der Waals surface area (Å²) in [4.78, 5) is 31.1. The first-order valence-electron chi connectivity index (χ1n) is 13.3. The molecule has 1 atom stereocenters. The number of methoxy groups -OCH3 is 1. The monoisotopic (exact) mass is 612 g/mol. The van der Waals surface area contributed by atoms with Crippen LogP contribution in [-0.2, 0) is 35.2 Å². The normalized spacial score (nSPS) is 14.2. The van der Waals surface area contributed by atoms with Crippen LogP contribution in [0.1, 0.15) is 44.3 Å². The molecule has 4 rings (SSSR count). The van der Waals surface area contributed by atoms with Crippen molar-refractivity contribution in [2.24, 2.45) is 0 Å². The highest BCUT2D eigenvalue weighted by atomic mass is 19.4. The molecular weight excluding hydrogens is 582 g/mol. The molecule has 0 fully saturated rings. The molecule has 8 nitrogen and oxygen atoms in total. The first kappa shape index (κ1) is 31.7. The fourth-order valence-corrected chi connectivity index (χ4v) is 4.75. The molecule has 0 radical (unpaired) electrons. The van der Waals surface area contributed by atoms with Crippen LogP contribution in [0.25, 0.3) is 11.3 Å². The molecule has 232 valence electrons. The molecule has 14 heteroatoms. The number of ether oxygens (including phenoxy) is 2. The molecule has 2 amide bonds. The number of rotatable bonds is 7. The van der Waals surface area contributed by atoms with Crippen LogP contribution in [0.2, 0.25) is 0 Å². The molecule has 0 aliphatic carbocycles. The second-order valence-corrected chi connectivity index (χ2v) is 11.0. The molecule has 3 aromatic rings. The maximum atomic E-state index is 14.5. The number of nitrogens with one attached hydrogen (secondary N) is 1. The van der Waals surface area contributed by atoms with Gasteiger partial charge < -0.3 is 24.3 Å². The minimum atomic E-state index is -4.75. The van der Waals surface area contributed by atoms with Crippen LogP contribution >= 0.6 is 0 Å². The second kappa shape index (κ2) is 12.2. The lowest BCUT2D eigenvalue weighted by Gasteiger charge is -2.31. The predicted octanol–water partition coefficient (Wildman–Crippen LogP) is 5.86. The third-order valence-corrected chi connectivity index (χ3v) is 6.67. The second-order valence-electron chi connectivity index (χ2n) is 11.0. The van der Waals surface area contributed by atoms with Crippen molar-refractivity contribution in [3.05, 3.63) is 70.9 Å². The zero-order valence-electron chi connectivity index (χ0n) is 23.8. The van der Waals surface area contributed by atoms with Gasteiger partial charge in [-0.1, -0.05) is 0 Å². The molecule has 0 saturated carbocycles. The Morgan fingerprint density at radius 1 is 1.00 bits per heavy atom. The van der Waals surface area contributed by atoms with Crippen LogP contribution in [-0.4, -0.2) is 51.7 Å². The maximum Gasteiger partial charge on any atom is 0.449 e. The van der Waals surface area contributed by atoms with Crippen molar-refractivity contribution >= 4 is 12.0 Å². The summed E-state index contributed by atoms with van der Waals surface area (Å²) in [6.07, 6.45) is -6.50. The minimum Gasteiger partial charge on any atom is -0.497 e. The standard InChI is InChI=1S/C29H30F6N4O4/c1-28(2,3)43-27(41)36-18(11-17-12-21(31)22(32)14-20(17)30)13-24(40)38-9-10-39-23(15-38)25(37-26(39)29(33,34)35)16-5-7-19(42-4)8-6-16/h5-8,12,14,18H,9-11,13,15H2,1-4H3,(H,36,41)/t18-/m1/s1. The number of nitrogens with zero attached hydrogens (tertiary/aromatic N) is 3. The van der Waals surface area contributed by atoms with E-state index >= 15 is 0 Å². The summed E-state index contributed by atoms with van der Waals surface area (Å²) in [5.41, 5.74) is -0.626. The Kier molecular flexibility index (Phi) is 8.97. The Bertz CT molecular complexity index is 1500. The number of alkyl carbamates (subject to hydrolysis) is 1. The third kappa shape index (κ3) is 7.59. The summed E-state index contributed by atoms with van der Waals surface area (Å²) >= 11 is 0. The number of hydrogen-bond donors (Lipinski definition) is 1. The predicted molar refractivity (Wildman–Crippen MR) is 142 cm³/mol. The number of aromatic nitrogens is 2. The van der Waals surface area contributed by atoms with Gasteiger partial charge >= 0.3 is 12.3 Å². The highest BCUT2D eigenvalue weighted by molar-refractivity contribution is 5.78. The number of alkyl halides is 3. The van der Waals surface area contributed by atoms with Crippen LogP contribution in [0.5, 0.6) is 5.75 Å². The Morgan fingerprint density at radius 3 is 2.26 bits per heavy atom. The SMILES string of the molecule is COc1ccc(-c2nc(C(F)(F)F)n3c2CN(C(=O)C[C@@H](Cc2cc(F)c(F)cc2F)NC(=O)OC(C)(C)C)CC3)cc1. The van der Waals surface area contributed by atoms with Gasteiger partial charge in [0.05, 0.1) is 25.0 Å². The lowest BCUT2D eigenvalue weighted by Crippen LogP contribution is -2.45. The van der Waals surface area contributed by atoms with Gasteiger partial charge in [0.15, 0.2) is 11.6 Å². The average molecular weight is 613 g/mol. The van der Waals surface area contributed by atoms with Crippen molar-refractivity contribution in [3.8, 4) is 17.0 Å². The Balaban J connectivity index is 1.61. The van der Waals surface area contributed by atoms with E-state index in [4.69, 9.17) is 9.47 Å². The summed E-state index contributed by atoms with van der Waals surface area (Å²) < 4.78 is 94.8. The number of amides is 2. The molecule has 2 heterocycles.